The summed E-state index contributed by atoms with van der Waals surface area (Å²) in [5, 5.41) is 11.6. The van der Waals surface area contributed by atoms with E-state index >= 15 is 0 Å². The van der Waals surface area contributed by atoms with Gasteiger partial charge in [-0.25, -0.2) is 4.39 Å². The molecule has 0 spiro atoms. The Morgan fingerprint density at radius 3 is 2.59 bits per heavy atom. The summed E-state index contributed by atoms with van der Waals surface area (Å²) in [6.45, 7) is 2.59. The highest BCUT2D eigenvalue weighted by atomic mass is 32.2. The largest absolute Gasteiger partial charge is 0.493 e. The zero-order chi connectivity index (χ0) is 20.8. The summed E-state index contributed by atoms with van der Waals surface area (Å²) in [6, 6.07) is 11.5. The maximum Gasteiger partial charge on any atom is 0.234 e. The van der Waals surface area contributed by atoms with Crippen molar-refractivity contribution in [2.75, 3.05) is 25.3 Å². The monoisotopic (exact) mass is 416 g/mol. The molecule has 1 N–H and O–H groups in total. The average Bonchev–Trinajstić information content (AvgIpc) is 3.16. The van der Waals surface area contributed by atoms with Crippen molar-refractivity contribution >= 4 is 23.4 Å². The number of nitrogens with zero attached hydrogens (tertiary/aromatic N) is 3. The normalized spacial score (nSPS) is 10.6. The Labute approximate surface area is 172 Å². The highest BCUT2D eigenvalue weighted by Crippen LogP contribution is 2.32. The number of ether oxygens (including phenoxy) is 2. The number of para-hydroxylation sites is 1. The number of methoxy groups -OCH3 is 2. The quantitative estimate of drug-likeness (QED) is 0.562. The molecule has 0 atom stereocenters. The van der Waals surface area contributed by atoms with Crippen LogP contribution in [0, 0.1) is 5.82 Å². The molecule has 7 nitrogen and oxygen atoms in total. The van der Waals surface area contributed by atoms with E-state index in [1.165, 1.54) is 23.9 Å². The van der Waals surface area contributed by atoms with E-state index in [1.54, 1.807) is 32.4 Å². The molecule has 29 heavy (non-hydrogen) atoms. The first-order valence-electron chi connectivity index (χ1n) is 8.90. The molecule has 0 saturated heterocycles. The van der Waals surface area contributed by atoms with E-state index < -0.39 is 5.82 Å². The average molecular weight is 416 g/mol. The number of anilines is 1. The van der Waals surface area contributed by atoms with Gasteiger partial charge in [-0.05, 0) is 37.3 Å². The predicted molar refractivity (Wildman–Crippen MR) is 110 cm³/mol. The number of carbonyl (C=O) groups is 1. The zero-order valence-corrected chi connectivity index (χ0v) is 17.1. The molecule has 0 fully saturated rings. The number of thioether (sulfide) groups is 1. The van der Waals surface area contributed by atoms with Gasteiger partial charge >= 0.3 is 0 Å². The van der Waals surface area contributed by atoms with Crippen LogP contribution in [0.15, 0.2) is 47.6 Å². The number of rotatable bonds is 8. The Morgan fingerprint density at radius 1 is 1.14 bits per heavy atom. The summed E-state index contributed by atoms with van der Waals surface area (Å²) in [5.74, 6) is 1.16. The van der Waals surface area contributed by atoms with Gasteiger partial charge in [-0.2, -0.15) is 0 Å². The molecule has 0 saturated carbocycles. The lowest BCUT2D eigenvalue weighted by molar-refractivity contribution is -0.113. The van der Waals surface area contributed by atoms with Gasteiger partial charge in [-0.1, -0.05) is 23.9 Å². The number of amides is 1. The molecule has 3 rings (SSSR count). The Balaban J connectivity index is 1.74. The lowest BCUT2D eigenvalue weighted by Crippen LogP contribution is -2.15. The van der Waals surface area contributed by atoms with Crippen LogP contribution in [0.1, 0.15) is 6.92 Å². The lowest BCUT2D eigenvalue weighted by atomic mass is 10.2. The van der Waals surface area contributed by atoms with Gasteiger partial charge in [0.15, 0.2) is 22.5 Å². The molecule has 1 heterocycles. The predicted octanol–water partition coefficient (Wildman–Crippen LogP) is 3.85. The van der Waals surface area contributed by atoms with Crippen molar-refractivity contribution in [2.24, 2.45) is 0 Å². The molecule has 0 bridgehead atoms. The van der Waals surface area contributed by atoms with Crippen LogP contribution >= 0.6 is 11.8 Å². The van der Waals surface area contributed by atoms with Gasteiger partial charge in [0, 0.05) is 12.1 Å². The van der Waals surface area contributed by atoms with E-state index in [0.717, 1.165) is 5.56 Å². The van der Waals surface area contributed by atoms with Gasteiger partial charge in [0.25, 0.3) is 0 Å². The molecule has 2 aromatic carbocycles. The molecule has 0 aliphatic rings. The SMILES string of the molecule is CCn1c(SCC(=O)Nc2ccccc2F)nnc1-c1ccc(OC)c(OC)c1. The smallest absolute Gasteiger partial charge is 0.234 e. The molecule has 0 aliphatic heterocycles. The zero-order valence-electron chi connectivity index (χ0n) is 16.3. The highest BCUT2D eigenvalue weighted by Gasteiger charge is 2.17. The van der Waals surface area contributed by atoms with Crippen LogP contribution in [0.3, 0.4) is 0 Å². The van der Waals surface area contributed by atoms with E-state index in [9.17, 15) is 9.18 Å². The van der Waals surface area contributed by atoms with Gasteiger partial charge < -0.3 is 19.4 Å². The van der Waals surface area contributed by atoms with Crippen molar-refractivity contribution in [2.45, 2.75) is 18.6 Å². The maximum absolute atomic E-state index is 13.7. The second-order valence-corrected chi connectivity index (χ2v) is 6.88. The topological polar surface area (TPSA) is 78.3 Å². The first-order chi connectivity index (χ1) is 14.1. The van der Waals surface area contributed by atoms with Crippen molar-refractivity contribution in [1.29, 1.82) is 0 Å². The first kappa shape index (κ1) is 20.7. The van der Waals surface area contributed by atoms with E-state index in [-0.39, 0.29) is 17.3 Å². The van der Waals surface area contributed by atoms with Crippen molar-refractivity contribution in [3.8, 4) is 22.9 Å². The Hall–Kier alpha value is -3.07. The number of aromatic nitrogens is 3. The standard InChI is InChI=1S/C20H21FN4O3S/c1-4-25-19(13-9-10-16(27-2)17(11-13)28-3)23-24-20(25)29-12-18(26)22-15-8-6-5-7-14(15)21/h5-11H,4,12H2,1-3H3,(H,22,26). The number of benzene rings is 2. The molecule has 1 aromatic heterocycles. The fourth-order valence-corrected chi connectivity index (χ4v) is 3.55. The molecule has 0 aliphatic carbocycles. The Bertz CT molecular complexity index is 1010. The fraction of sp³-hybridized carbons (Fsp3) is 0.250. The van der Waals surface area contributed by atoms with Crippen molar-refractivity contribution in [3.63, 3.8) is 0 Å². The minimum Gasteiger partial charge on any atom is -0.493 e. The summed E-state index contributed by atoms with van der Waals surface area (Å²) < 4.78 is 26.2. The van der Waals surface area contributed by atoms with Crippen LogP contribution in [-0.2, 0) is 11.3 Å². The molecular formula is C20H21FN4O3S. The highest BCUT2D eigenvalue weighted by molar-refractivity contribution is 7.99. The molecule has 1 amide bonds. The second-order valence-electron chi connectivity index (χ2n) is 5.94. The van der Waals surface area contributed by atoms with Crippen LogP contribution in [0.25, 0.3) is 11.4 Å². The van der Waals surface area contributed by atoms with Crippen LogP contribution in [0.5, 0.6) is 11.5 Å². The van der Waals surface area contributed by atoms with Gasteiger partial charge in [0.2, 0.25) is 5.91 Å². The molecule has 152 valence electrons. The van der Waals surface area contributed by atoms with Gasteiger partial charge in [-0.15, -0.1) is 10.2 Å². The molecule has 0 unspecified atom stereocenters. The van der Waals surface area contributed by atoms with E-state index in [1.807, 2.05) is 23.6 Å². The third kappa shape index (κ3) is 4.68. The lowest BCUT2D eigenvalue weighted by Gasteiger charge is -2.11. The molecule has 3 aromatic rings. The second kappa shape index (κ2) is 9.42. The Kier molecular flexibility index (Phi) is 6.71. The first-order valence-corrected chi connectivity index (χ1v) is 9.88. The summed E-state index contributed by atoms with van der Waals surface area (Å²) in [5.41, 5.74) is 0.973. The fourth-order valence-electron chi connectivity index (χ4n) is 2.75. The number of carbonyl (C=O) groups excluding carboxylic acids is 1. The number of nitrogens with one attached hydrogen (secondary N) is 1. The van der Waals surface area contributed by atoms with E-state index in [4.69, 9.17) is 9.47 Å². The van der Waals surface area contributed by atoms with Crippen molar-refractivity contribution < 1.29 is 18.7 Å². The van der Waals surface area contributed by atoms with Crippen LogP contribution in [0.2, 0.25) is 0 Å². The molecular weight excluding hydrogens is 395 g/mol. The minimum atomic E-state index is -0.474. The van der Waals surface area contributed by atoms with Gasteiger partial charge in [0.05, 0.1) is 25.7 Å². The summed E-state index contributed by atoms with van der Waals surface area (Å²) in [6.07, 6.45) is 0. The van der Waals surface area contributed by atoms with Gasteiger partial charge in [0.1, 0.15) is 5.82 Å². The maximum atomic E-state index is 13.7. The Morgan fingerprint density at radius 2 is 1.90 bits per heavy atom. The number of hydrogen-bond donors (Lipinski definition) is 1. The third-order valence-corrected chi connectivity index (χ3v) is 5.12. The van der Waals surface area contributed by atoms with Crippen molar-refractivity contribution in [3.05, 3.63) is 48.3 Å². The summed E-state index contributed by atoms with van der Waals surface area (Å²) in [7, 11) is 3.15. The number of hydrogen-bond acceptors (Lipinski definition) is 6. The van der Waals surface area contributed by atoms with E-state index in [0.29, 0.717) is 29.0 Å². The van der Waals surface area contributed by atoms with Crippen LogP contribution in [0.4, 0.5) is 10.1 Å². The summed E-state index contributed by atoms with van der Waals surface area (Å²) in [4.78, 5) is 12.2. The third-order valence-electron chi connectivity index (χ3n) is 4.16. The molecule has 0 radical (unpaired) electrons. The van der Waals surface area contributed by atoms with E-state index in [2.05, 4.69) is 15.5 Å². The number of halogens is 1. The van der Waals surface area contributed by atoms with Gasteiger partial charge in [-0.3, -0.25) is 4.79 Å². The van der Waals surface area contributed by atoms with Crippen LogP contribution in [-0.4, -0.2) is 40.6 Å². The summed E-state index contributed by atoms with van der Waals surface area (Å²) >= 11 is 1.24. The van der Waals surface area contributed by atoms with Crippen molar-refractivity contribution in [1.82, 2.24) is 14.8 Å². The minimum absolute atomic E-state index is 0.0817. The molecule has 9 heteroatoms. The van der Waals surface area contributed by atoms with Crippen LogP contribution < -0.4 is 14.8 Å².